The minimum Gasteiger partial charge on any atom is -0.472 e. The molecular formula is C15H14O3S. The van der Waals surface area contributed by atoms with Crippen molar-refractivity contribution in [3.05, 3.63) is 60.2 Å². The number of rotatable bonds is 2. The molecule has 1 unspecified atom stereocenters. The molecule has 2 aromatic rings. The number of ether oxygens (including phenoxy) is 1. The Morgan fingerprint density at radius 1 is 1.11 bits per heavy atom. The number of para-hydroxylation sites is 1. The van der Waals surface area contributed by atoms with Crippen LogP contribution in [0.15, 0.2) is 59.5 Å². The highest BCUT2D eigenvalue weighted by Crippen LogP contribution is 2.40. The lowest BCUT2D eigenvalue weighted by atomic mass is 9.97. The number of hydrogen-bond donors (Lipinski definition) is 1. The first kappa shape index (κ1) is 12.4. The van der Waals surface area contributed by atoms with Crippen molar-refractivity contribution in [1.29, 1.82) is 0 Å². The number of fused-ring (bicyclic) bond motifs is 1. The van der Waals surface area contributed by atoms with Crippen LogP contribution in [0.4, 0.5) is 0 Å². The Labute approximate surface area is 114 Å². The maximum absolute atomic E-state index is 12.4. The summed E-state index contributed by atoms with van der Waals surface area (Å²) in [7, 11) is -1.38. The zero-order valence-electron chi connectivity index (χ0n) is 10.4. The molecule has 1 N–H and O–H groups in total. The maximum Gasteiger partial charge on any atom is 0.210 e. The molecule has 4 heteroatoms. The van der Waals surface area contributed by atoms with Gasteiger partial charge in [0.1, 0.15) is 22.2 Å². The molecule has 3 rings (SSSR count). The second kappa shape index (κ2) is 4.47. The Hall–Kier alpha value is -1.65. The van der Waals surface area contributed by atoms with Gasteiger partial charge in [-0.25, -0.2) is 0 Å². The van der Waals surface area contributed by atoms with Gasteiger partial charge in [-0.05, 0) is 24.6 Å². The molecule has 1 aliphatic rings. The van der Waals surface area contributed by atoms with E-state index in [0.29, 0.717) is 16.2 Å². The first-order chi connectivity index (χ1) is 9.10. The monoisotopic (exact) mass is 274 g/mol. The van der Waals surface area contributed by atoms with Gasteiger partial charge < -0.3 is 9.84 Å². The van der Waals surface area contributed by atoms with Crippen LogP contribution in [0.1, 0.15) is 12.5 Å². The summed E-state index contributed by atoms with van der Waals surface area (Å²) in [6, 6.07) is 16.4. The first-order valence-corrected chi connectivity index (χ1v) is 7.26. The van der Waals surface area contributed by atoms with Crippen molar-refractivity contribution in [2.24, 2.45) is 0 Å². The molecule has 0 amide bonds. The molecule has 0 spiro atoms. The number of hydrogen-bond acceptors (Lipinski definition) is 3. The average molecular weight is 274 g/mol. The molecule has 3 nitrogen and oxygen atoms in total. The lowest BCUT2D eigenvalue weighted by Gasteiger charge is -2.28. The summed E-state index contributed by atoms with van der Waals surface area (Å²) in [4.78, 5) is 0.642. The van der Waals surface area contributed by atoms with E-state index in [1.165, 1.54) is 0 Å². The molecule has 2 aromatic carbocycles. The van der Waals surface area contributed by atoms with Gasteiger partial charge >= 0.3 is 0 Å². The summed E-state index contributed by atoms with van der Waals surface area (Å²) in [5, 5.41) is 10.7. The molecule has 0 bridgehead atoms. The summed E-state index contributed by atoms with van der Waals surface area (Å²) in [5.74, 6) is 0.585. The minimum atomic E-state index is -1.38. The Morgan fingerprint density at radius 2 is 1.74 bits per heavy atom. The van der Waals surface area contributed by atoms with Crippen molar-refractivity contribution >= 4 is 10.8 Å². The molecule has 0 radical (unpaired) electrons. The van der Waals surface area contributed by atoms with E-state index in [4.69, 9.17) is 4.74 Å². The van der Waals surface area contributed by atoms with E-state index < -0.39 is 21.8 Å². The molecule has 3 atom stereocenters. The first-order valence-electron chi connectivity index (χ1n) is 6.05. The van der Waals surface area contributed by atoms with E-state index in [2.05, 4.69) is 0 Å². The highest BCUT2D eigenvalue weighted by molar-refractivity contribution is 7.86. The van der Waals surface area contributed by atoms with Crippen molar-refractivity contribution in [3.8, 4) is 5.75 Å². The normalized spacial score (nSPS) is 24.3. The van der Waals surface area contributed by atoms with Crippen LogP contribution in [0, 0.1) is 0 Å². The van der Waals surface area contributed by atoms with E-state index in [-0.39, 0.29) is 0 Å². The van der Waals surface area contributed by atoms with Crippen molar-refractivity contribution in [3.63, 3.8) is 0 Å². The zero-order chi connectivity index (χ0) is 13.5. The van der Waals surface area contributed by atoms with Gasteiger partial charge in [-0.1, -0.05) is 42.5 Å². The van der Waals surface area contributed by atoms with E-state index in [0.717, 1.165) is 0 Å². The lowest BCUT2D eigenvalue weighted by molar-refractivity contribution is -0.00944. The Morgan fingerprint density at radius 3 is 2.42 bits per heavy atom. The third-order valence-corrected chi connectivity index (χ3v) is 5.03. The van der Waals surface area contributed by atoms with Crippen molar-refractivity contribution < 1.29 is 14.1 Å². The fourth-order valence-corrected chi connectivity index (χ4v) is 3.72. The molecule has 19 heavy (non-hydrogen) atoms. The molecule has 1 heterocycles. The zero-order valence-corrected chi connectivity index (χ0v) is 11.3. The molecule has 0 saturated heterocycles. The smallest absolute Gasteiger partial charge is 0.210 e. The fraction of sp³-hybridized carbons (Fsp3) is 0.200. The van der Waals surface area contributed by atoms with Crippen LogP contribution >= 0.6 is 0 Å². The van der Waals surface area contributed by atoms with Gasteiger partial charge in [0.05, 0.1) is 4.90 Å². The third-order valence-electron chi connectivity index (χ3n) is 3.31. The highest BCUT2D eigenvalue weighted by Gasteiger charge is 2.45. The van der Waals surface area contributed by atoms with E-state index >= 15 is 0 Å². The standard InChI is InChI=1S/C15H14O3S/c1-15(16,11-7-3-2-4-8-11)14-18-12-9-5-6-10-13(12)19(14)17/h2-10,14,16H,1H3/t14-,15-,19?/m0/s1. The average Bonchev–Trinajstić information content (AvgIpc) is 2.78. The van der Waals surface area contributed by atoms with Gasteiger partial charge in [-0.3, -0.25) is 4.21 Å². The largest absolute Gasteiger partial charge is 0.472 e. The van der Waals surface area contributed by atoms with E-state index in [1.54, 1.807) is 19.1 Å². The number of aliphatic hydroxyl groups is 1. The molecule has 0 fully saturated rings. The van der Waals surface area contributed by atoms with Gasteiger partial charge in [0.25, 0.3) is 0 Å². The second-order valence-corrected chi connectivity index (χ2v) is 6.17. The predicted molar refractivity (Wildman–Crippen MR) is 73.3 cm³/mol. The Balaban J connectivity index is 1.99. The van der Waals surface area contributed by atoms with Crippen molar-refractivity contribution in [2.75, 3.05) is 0 Å². The van der Waals surface area contributed by atoms with Crippen LogP contribution in [0.5, 0.6) is 5.75 Å². The molecule has 1 aliphatic heterocycles. The van der Waals surface area contributed by atoms with E-state index in [9.17, 15) is 9.32 Å². The number of benzene rings is 2. The quantitative estimate of drug-likeness (QED) is 0.915. The summed E-state index contributed by atoms with van der Waals surface area (Å²) in [5.41, 5.74) is -1.39. The molecule has 0 aromatic heterocycles. The Kier molecular flexibility index (Phi) is 2.92. The molecular weight excluding hydrogens is 260 g/mol. The summed E-state index contributed by atoms with van der Waals surface area (Å²) < 4.78 is 18.1. The topological polar surface area (TPSA) is 46.5 Å². The predicted octanol–water partition coefficient (Wildman–Crippen LogP) is 2.42. The second-order valence-electron chi connectivity index (χ2n) is 4.71. The fourth-order valence-electron chi connectivity index (χ4n) is 2.22. The third kappa shape index (κ3) is 1.97. The van der Waals surface area contributed by atoms with Gasteiger partial charge in [0.2, 0.25) is 5.44 Å². The van der Waals surface area contributed by atoms with Crippen LogP contribution in [-0.2, 0) is 16.4 Å². The van der Waals surface area contributed by atoms with Crippen LogP contribution in [0.2, 0.25) is 0 Å². The van der Waals surface area contributed by atoms with Crippen molar-refractivity contribution in [1.82, 2.24) is 0 Å². The minimum absolute atomic E-state index is 0.585. The highest BCUT2D eigenvalue weighted by atomic mass is 32.2. The maximum atomic E-state index is 12.4. The Bertz CT molecular complexity index is 622. The van der Waals surface area contributed by atoms with Crippen molar-refractivity contribution in [2.45, 2.75) is 22.9 Å². The molecule has 98 valence electrons. The van der Waals surface area contributed by atoms with Crippen LogP contribution < -0.4 is 4.74 Å². The van der Waals surface area contributed by atoms with Gasteiger partial charge in [0, 0.05) is 0 Å². The van der Waals surface area contributed by atoms with Crippen LogP contribution in [-0.4, -0.2) is 14.8 Å². The SMILES string of the molecule is C[C@](O)(c1ccccc1)[C@H]1Oc2ccccc2S1=O. The van der Waals surface area contributed by atoms with Gasteiger partial charge in [-0.2, -0.15) is 0 Å². The van der Waals surface area contributed by atoms with Crippen LogP contribution in [0.25, 0.3) is 0 Å². The van der Waals surface area contributed by atoms with Gasteiger partial charge in [0.15, 0.2) is 0 Å². The van der Waals surface area contributed by atoms with Gasteiger partial charge in [-0.15, -0.1) is 0 Å². The summed E-state index contributed by atoms with van der Waals surface area (Å²) in [6.45, 7) is 1.64. The van der Waals surface area contributed by atoms with Crippen LogP contribution in [0.3, 0.4) is 0 Å². The molecule has 0 aliphatic carbocycles. The van der Waals surface area contributed by atoms with E-state index in [1.807, 2.05) is 42.5 Å². The molecule has 0 saturated carbocycles. The lowest BCUT2D eigenvalue weighted by Crippen LogP contribution is -2.41. The summed E-state index contributed by atoms with van der Waals surface area (Å²) in [6.07, 6.45) is 0. The summed E-state index contributed by atoms with van der Waals surface area (Å²) >= 11 is 0.